The van der Waals surface area contributed by atoms with Crippen LogP contribution in [-0.4, -0.2) is 0 Å². The van der Waals surface area contributed by atoms with Crippen LogP contribution < -0.4 is 11.3 Å². The Morgan fingerprint density at radius 1 is 1.06 bits per heavy atom. The monoisotopic (exact) mass is 342 g/mol. The van der Waals surface area contributed by atoms with Crippen molar-refractivity contribution in [2.45, 2.75) is 6.04 Å². The molecule has 0 radical (unpaired) electrons. The van der Waals surface area contributed by atoms with Crippen LogP contribution in [0.4, 0.5) is 4.39 Å². The maximum Gasteiger partial charge on any atom is 0.123 e. The fraction of sp³-hybridized carbons (Fsp3) is 0.0769. The SMILES string of the molecule is NNC(c1ccc(F)cc1)c1ccccc1I. The number of hydrogen-bond acceptors (Lipinski definition) is 2. The van der Waals surface area contributed by atoms with E-state index in [0.717, 1.165) is 14.7 Å². The molecule has 0 aliphatic heterocycles. The third-order valence-electron chi connectivity index (χ3n) is 2.59. The standard InChI is InChI=1S/C13H12FIN2/c14-10-7-5-9(6-8-10)13(17-16)11-3-1-2-4-12(11)15/h1-8,13,17H,16H2. The summed E-state index contributed by atoms with van der Waals surface area (Å²) in [5.41, 5.74) is 4.80. The number of halogens is 2. The molecule has 4 heteroatoms. The van der Waals surface area contributed by atoms with E-state index in [2.05, 4.69) is 28.0 Å². The van der Waals surface area contributed by atoms with Gasteiger partial charge in [0, 0.05) is 3.57 Å². The lowest BCUT2D eigenvalue weighted by atomic mass is 9.99. The fourth-order valence-electron chi connectivity index (χ4n) is 1.73. The summed E-state index contributed by atoms with van der Waals surface area (Å²) >= 11 is 2.26. The van der Waals surface area contributed by atoms with Crippen molar-refractivity contribution in [3.8, 4) is 0 Å². The Hall–Kier alpha value is -0.980. The molecule has 17 heavy (non-hydrogen) atoms. The number of hydrazine groups is 1. The van der Waals surface area contributed by atoms with Crippen molar-refractivity contribution in [3.05, 3.63) is 69.0 Å². The molecule has 0 bridgehead atoms. The van der Waals surface area contributed by atoms with Gasteiger partial charge in [0.05, 0.1) is 6.04 Å². The van der Waals surface area contributed by atoms with Crippen LogP contribution in [0.2, 0.25) is 0 Å². The number of rotatable bonds is 3. The first kappa shape index (κ1) is 12.5. The maximum absolute atomic E-state index is 12.9. The highest BCUT2D eigenvalue weighted by molar-refractivity contribution is 14.1. The second-order valence-electron chi connectivity index (χ2n) is 3.67. The van der Waals surface area contributed by atoms with E-state index < -0.39 is 0 Å². The molecular formula is C13H12FIN2. The largest absolute Gasteiger partial charge is 0.271 e. The summed E-state index contributed by atoms with van der Waals surface area (Å²) in [6.45, 7) is 0. The third kappa shape index (κ3) is 2.83. The average Bonchev–Trinajstić information content (AvgIpc) is 2.35. The quantitative estimate of drug-likeness (QED) is 0.511. The molecule has 2 rings (SSSR count). The fourth-order valence-corrected chi connectivity index (χ4v) is 2.43. The van der Waals surface area contributed by atoms with Crippen molar-refractivity contribution >= 4 is 22.6 Å². The first-order valence-corrected chi connectivity index (χ1v) is 6.26. The van der Waals surface area contributed by atoms with Crippen molar-refractivity contribution < 1.29 is 4.39 Å². The molecule has 0 spiro atoms. The number of hydrogen-bond donors (Lipinski definition) is 2. The molecule has 1 atom stereocenters. The van der Waals surface area contributed by atoms with Crippen LogP contribution >= 0.6 is 22.6 Å². The van der Waals surface area contributed by atoms with E-state index in [1.165, 1.54) is 12.1 Å². The van der Waals surface area contributed by atoms with Crippen LogP contribution in [0.5, 0.6) is 0 Å². The van der Waals surface area contributed by atoms with Crippen molar-refractivity contribution in [1.29, 1.82) is 0 Å². The average molecular weight is 342 g/mol. The minimum Gasteiger partial charge on any atom is -0.271 e. The van der Waals surface area contributed by atoms with Gasteiger partial charge in [0.2, 0.25) is 0 Å². The lowest BCUT2D eigenvalue weighted by molar-refractivity contribution is 0.614. The lowest BCUT2D eigenvalue weighted by Crippen LogP contribution is -2.29. The van der Waals surface area contributed by atoms with E-state index in [9.17, 15) is 4.39 Å². The van der Waals surface area contributed by atoms with Gasteiger partial charge in [0.25, 0.3) is 0 Å². The minimum atomic E-state index is -0.243. The highest BCUT2D eigenvalue weighted by atomic mass is 127. The van der Waals surface area contributed by atoms with Crippen LogP contribution in [0.1, 0.15) is 17.2 Å². The number of benzene rings is 2. The van der Waals surface area contributed by atoms with E-state index in [-0.39, 0.29) is 11.9 Å². The first-order chi connectivity index (χ1) is 8.22. The Labute approximate surface area is 113 Å². The molecule has 0 amide bonds. The molecule has 2 nitrogen and oxygen atoms in total. The Bertz CT molecular complexity index is 499. The molecular weight excluding hydrogens is 330 g/mol. The van der Waals surface area contributed by atoms with Crippen molar-refractivity contribution in [3.63, 3.8) is 0 Å². The van der Waals surface area contributed by atoms with Crippen LogP contribution in [0.15, 0.2) is 48.5 Å². The molecule has 2 aromatic rings. The van der Waals surface area contributed by atoms with E-state index in [1.54, 1.807) is 12.1 Å². The zero-order chi connectivity index (χ0) is 12.3. The molecule has 3 N–H and O–H groups in total. The maximum atomic E-state index is 12.9. The smallest absolute Gasteiger partial charge is 0.123 e. The van der Waals surface area contributed by atoms with Gasteiger partial charge in [-0.2, -0.15) is 0 Å². The van der Waals surface area contributed by atoms with Gasteiger partial charge in [-0.1, -0.05) is 30.3 Å². The zero-order valence-corrected chi connectivity index (χ0v) is 11.2. The molecule has 0 aliphatic rings. The summed E-state index contributed by atoms with van der Waals surface area (Å²) in [7, 11) is 0. The predicted octanol–water partition coefficient (Wildman–Crippen LogP) is 2.98. The Kier molecular flexibility index (Phi) is 4.09. The summed E-state index contributed by atoms with van der Waals surface area (Å²) in [5.74, 6) is 5.35. The topological polar surface area (TPSA) is 38.0 Å². The van der Waals surface area contributed by atoms with Gasteiger partial charge in [-0.3, -0.25) is 5.84 Å². The van der Waals surface area contributed by atoms with Crippen molar-refractivity contribution in [1.82, 2.24) is 5.43 Å². The number of nitrogens with one attached hydrogen (secondary N) is 1. The Morgan fingerprint density at radius 2 is 1.71 bits per heavy atom. The van der Waals surface area contributed by atoms with Gasteiger partial charge in [-0.05, 0) is 51.9 Å². The molecule has 0 aliphatic carbocycles. The highest BCUT2D eigenvalue weighted by Gasteiger charge is 2.14. The van der Waals surface area contributed by atoms with Gasteiger partial charge >= 0.3 is 0 Å². The molecule has 0 fully saturated rings. The second-order valence-corrected chi connectivity index (χ2v) is 4.83. The van der Waals surface area contributed by atoms with Crippen molar-refractivity contribution in [2.75, 3.05) is 0 Å². The van der Waals surface area contributed by atoms with E-state index in [0.29, 0.717) is 0 Å². The minimum absolute atomic E-state index is 0.122. The Balaban J connectivity index is 2.40. The summed E-state index contributed by atoms with van der Waals surface area (Å²) in [6, 6.07) is 14.2. The summed E-state index contributed by atoms with van der Waals surface area (Å²) < 4.78 is 14.0. The molecule has 0 aromatic heterocycles. The van der Waals surface area contributed by atoms with E-state index in [4.69, 9.17) is 5.84 Å². The number of nitrogens with two attached hydrogens (primary N) is 1. The lowest BCUT2D eigenvalue weighted by Gasteiger charge is -2.18. The van der Waals surface area contributed by atoms with Crippen LogP contribution in [0.3, 0.4) is 0 Å². The van der Waals surface area contributed by atoms with Gasteiger partial charge in [0.15, 0.2) is 0 Å². The normalized spacial score (nSPS) is 12.4. The van der Waals surface area contributed by atoms with E-state index in [1.807, 2.05) is 24.3 Å². The summed E-state index contributed by atoms with van der Waals surface area (Å²) in [6.07, 6.45) is 0. The van der Waals surface area contributed by atoms with Gasteiger partial charge in [-0.25, -0.2) is 9.82 Å². The van der Waals surface area contributed by atoms with Crippen LogP contribution in [0.25, 0.3) is 0 Å². The molecule has 0 saturated heterocycles. The van der Waals surface area contributed by atoms with Gasteiger partial charge in [0.1, 0.15) is 5.82 Å². The van der Waals surface area contributed by atoms with Gasteiger partial charge in [-0.15, -0.1) is 0 Å². The first-order valence-electron chi connectivity index (χ1n) is 5.18. The summed E-state index contributed by atoms with van der Waals surface area (Å²) in [5, 5.41) is 0. The third-order valence-corrected chi connectivity index (χ3v) is 3.57. The van der Waals surface area contributed by atoms with Crippen LogP contribution in [0, 0.1) is 9.39 Å². The second kappa shape index (κ2) is 5.57. The molecule has 1 unspecified atom stereocenters. The predicted molar refractivity (Wildman–Crippen MR) is 74.7 cm³/mol. The Morgan fingerprint density at radius 3 is 2.29 bits per heavy atom. The van der Waals surface area contributed by atoms with Crippen LogP contribution in [-0.2, 0) is 0 Å². The van der Waals surface area contributed by atoms with Crippen molar-refractivity contribution in [2.24, 2.45) is 5.84 Å². The molecule has 2 aromatic carbocycles. The van der Waals surface area contributed by atoms with Gasteiger partial charge < -0.3 is 0 Å². The molecule has 0 saturated carbocycles. The molecule has 0 heterocycles. The zero-order valence-electron chi connectivity index (χ0n) is 9.03. The highest BCUT2D eigenvalue weighted by Crippen LogP contribution is 2.25. The molecule has 88 valence electrons. The summed E-state index contributed by atoms with van der Waals surface area (Å²) in [4.78, 5) is 0. The van der Waals surface area contributed by atoms with E-state index >= 15 is 0 Å².